The van der Waals surface area contributed by atoms with Gasteiger partial charge in [-0.2, -0.15) is 4.39 Å². The van der Waals surface area contributed by atoms with Gasteiger partial charge in [-0.05, 0) is 17.7 Å². The van der Waals surface area contributed by atoms with Crippen LogP contribution in [-0.2, 0) is 0 Å². The lowest BCUT2D eigenvalue weighted by Crippen LogP contribution is -1.96. The summed E-state index contributed by atoms with van der Waals surface area (Å²) >= 11 is 0. The normalized spacial score (nSPS) is 10.7. The predicted octanol–water partition coefficient (Wildman–Crippen LogP) is 2.59. The van der Waals surface area contributed by atoms with Gasteiger partial charge in [0.2, 0.25) is 5.82 Å². The van der Waals surface area contributed by atoms with E-state index in [1.165, 1.54) is 0 Å². The lowest BCUT2D eigenvalue weighted by molar-refractivity contribution is 0.346. The number of rotatable bonds is 1. The molecule has 2 aromatic rings. The molecule has 4 nitrogen and oxygen atoms in total. The smallest absolute Gasteiger partial charge is 0.205 e. The van der Waals surface area contributed by atoms with Crippen LogP contribution in [0.3, 0.4) is 0 Å². The third kappa shape index (κ3) is 1.99. The first-order valence-corrected chi connectivity index (χ1v) is 4.94. The molecule has 0 atom stereocenters. The fraction of sp³-hybridized carbons (Fsp3) is 0. The molecule has 0 heterocycles. The Hall–Kier alpha value is -2.57. The molecule has 0 spiro atoms. The first-order chi connectivity index (χ1) is 8.82. The van der Waals surface area contributed by atoms with Crippen LogP contribution < -0.4 is 0 Å². The predicted molar refractivity (Wildman–Crippen MR) is 58.4 cm³/mol. The Balaban J connectivity index is 2.82. The second kappa shape index (κ2) is 4.27. The van der Waals surface area contributed by atoms with Crippen molar-refractivity contribution in [3.63, 3.8) is 0 Å². The molecule has 0 fully saturated rings. The summed E-state index contributed by atoms with van der Waals surface area (Å²) in [5.41, 5.74) is -1.42. The maximum absolute atomic E-state index is 13.7. The van der Waals surface area contributed by atoms with E-state index in [9.17, 15) is 23.4 Å². The molecule has 0 aromatic heterocycles. The van der Waals surface area contributed by atoms with Crippen molar-refractivity contribution in [2.45, 2.75) is 0 Å². The van der Waals surface area contributed by atoms with E-state index >= 15 is 0 Å². The van der Waals surface area contributed by atoms with E-state index in [1.807, 2.05) is 0 Å². The zero-order valence-electron chi connectivity index (χ0n) is 9.15. The highest BCUT2D eigenvalue weighted by Gasteiger charge is 2.26. The number of halogens is 3. The van der Waals surface area contributed by atoms with E-state index in [0.29, 0.717) is 0 Å². The summed E-state index contributed by atoms with van der Waals surface area (Å²) < 4.78 is 40.5. The average Bonchev–Trinajstić information content (AvgIpc) is 2.33. The molecule has 0 aliphatic heterocycles. The molecular formula is C12H7F3O4. The summed E-state index contributed by atoms with van der Waals surface area (Å²) in [7, 11) is 0. The van der Waals surface area contributed by atoms with Gasteiger partial charge < -0.3 is 20.4 Å². The van der Waals surface area contributed by atoms with Crippen LogP contribution in [0, 0.1) is 17.5 Å². The van der Waals surface area contributed by atoms with Crippen LogP contribution >= 0.6 is 0 Å². The molecule has 0 radical (unpaired) electrons. The minimum absolute atomic E-state index is 0.401. The lowest BCUT2D eigenvalue weighted by Gasteiger charge is -2.10. The van der Waals surface area contributed by atoms with Gasteiger partial charge in [0, 0.05) is 6.07 Å². The van der Waals surface area contributed by atoms with Gasteiger partial charge in [0.25, 0.3) is 0 Å². The molecular weight excluding hydrogens is 265 g/mol. The summed E-state index contributed by atoms with van der Waals surface area (Å²) in [6.07, 6.45) is 0. The molecule has 2 aromatic carbocycles. The first kappa shape index (κ1) is 12.9. The summed E-state index contributed by atoms with van der Waals surface area (Å²) in [6, 6.07) is 2.62. The van der Waals surface area contributed by atoms with Crippen molar-refractivity contribution in [3.8, 4) is 34.1 Å². The maximum Gasteiger partial charge on any atom is 0.205 e. The second-order valence-electron chi connectivity index (χ2n) is 3.75. The van der Waals surface area contributed by atoms with Gasteiger partial charge in [-0.1, -0.05) is 0 Å². The van der Waals surface area contributed by atoms with Gasteiger partial charge in [0.15, 0.2) is 23.1 Å². The Morgan fingerprint density at radius 3 is 1.63 bits per heavy atom. The number of hydrogen-bond acceptors (Lipinski definition) is 4. The molecule has 0 saturated carbocycles. The zero-order chi connectivity index (χ0) is 14.3. The largest absolute Gasteiger partial charge is 0.508 e. The summed E-state index contributed by atoms with van der Waals surface area (Å²) in [5, 5.41) is 36.5. The fourth-order valence-corrected chi connectivity index (χ4v) is 1.63. The van der Waals surface area contributed by atoms with Crippen LogP contribution in [0.2, 0.25) is 0 Å². The molecule has 0 bridgehead atoms. The summed E-state index contributed by atoms with van der Waals surface area (Å²) in [6.45, 7) is 0. The second-order valence-corrected chi connectivity index (χ2v) is 3.75. The lowest BCUT2D eigenvalue weighted by atomic mass is 10.0. The maximum atomic E-state index is 13.7. The molecule has 19 heavy (non-hydrogen) atoms. The zero-order valence-corrected chi connectivity index (χ0v) is 9.15. The molecule has 0 saturated heterocycles. The van der Waals surface area contributed by atoms with E-state index in [0.717, 1.165) is 18.2 Å². The van der Waals surface area contributed by atoms with Crippen molar-refractivity contribution in [2.75, 3.05) is 0 Å². The van der Waals surface area contributed by atoms with Crippen molar-refractivity contribution in [3.05, 3.63) is 35.7 Å². The quantitative estimate of drug-likeness (QED) is 0.475. The number of phenols is 4. The monoisotopic (exact) mass is 272 g/mol. The van der Waals surface area contributed by atoms with Crippen LogP contribution in [-0.4, -0.2) is 20.4 Å². The Kier molecular flexibility index (Phi) is 2.89. The molecule has 0 amide bonds. The molecule has 7 heteroatoms. The van der Waals surface area contributed by atoms with Crippen LogP contribution in [0.25, 0.3) is 11.1 Å². The molecule has 100 valence electrons. The topological polar surface area (TPSA) is 80.9 Å². The highest BCUT2D eigenvalue weighted by atomic mass is 19.2. The molecule has 2 rings (SSSR count). The molecule has 0 aliphatic carbocycles. The van der Waals surface area contributed by atoms with Crippen molar-refractivity contribution < 1.29 is 33.6 Å². The van der Waals surface area contributed by atoms with Crippen molar-refractivity contribution >= 4 is 0 Å². The minimum atomic E-state index is -1.84. The Labute approximate surface area is 104 Å². The number of aromatic hydroxyl groups is 4. The van der Waals surface area contributed by atoms with E-state index in [4.69, 9.17) is 10.2 Å². The molecule has 4 N–H and O–H groups in total. The van der Waals surface area contributed by atoms with Crippen molar-refractivity contribution in [1.82, 2.24) is 0 Å². The van der Waals surface area contributed by atoms with E-state index in [2.05, 4.69) is 0 Å². The van der Waals surface area contributed by atoms with Crippen molar-refractivity contribution in [2.24, 2.45) is 0 Å². The number of benzene rings is 2. The van der Waals surface area contributed by atoms with Gasteiger partial charge in [0.1, 0.15) is 11.5 Å². The van der Waals surface area contributed by atoms with Crippen LogP contribution in [0.4, 0.5) is 13.2 Å². The van der Waals surface area contributed by atoms with Crippen LogP contribution in [0.15, 0.2) is 18.2 Å². The first-order valence-electron chi connectivity index (χ1n) is 4.94. The van der Waals surface area contributed by atoms with Gasteiger partial charge >= 0.3 is 0 Å². The Morgan fingerprint density at radius 2 is 1.11 bits per heavy atom. The summed E-state index contributed by atoms with van der Waals surface area (Å²) in [4.78, 5) is 0. The number of hydrogen-bond donors (Lipinski definition) is 4. The van der Waals surface area contributed by atoms with Crippen molar-refractivity contribution in [1.29, 1.82) is 0 Å². The Bertz CT molecular complexity index is 621. The third-order valence-electron chi connectivity index (χ3n) is 2.46. The van der Waals surface area contributed by atoms with Crippen LogP contribution in [0.1, 0.15) is 0 Å². The van der Waals surface area contributed by atoms with Crippen LogP contribution in [0.5, 0.6) is 23.0 Å². The van der Waals surface area contributed by atoms with E-state index in [1.54, 1.807) is 0 Å². The van der Waals surface area contributed by atoms with Gasteiger partial charge in [-0.25, -0.2) is 8.78 Å². The minimum Gasteiger partial charge on any atom is -0.508 e. The number of phenolic OH excluding ortho intramolecular Hbond substituents is 4. The Morgan fingerprint density at radius 1 is 0.632 bits per heavy atom. The molecule has 0 aliphatic rings. The molecule has 0 unspecified atom stereocenters. The standard InChI is InChI=1S/C12H7F3O4/c13-8-7(4-1-5(16)3-6(17)2-4)9(14)11(18)12(19)10(8)15/h1-3,16-19H. The van der Waals surface area contributed by atoms with E-state index < -0.39 is 51.6 Å². The SMILES string of the molecule is Oc1cc(O)cc(-c2c(F)c(O)c(O)c(F)c2F)c1. The summed E-state index contributed by atoms with van der Waals surface area (Å²) in [5.74, 6) is -9.24. The fourth-order valence-electron chi connectivity index (χ4n) is 1.63. The third-order valence-corrected chi connectivity index (χ3v) is 2.46. The highest BCUT2D eigenvalue weighted by Crippen LogP contribution is 2.41. The van der Waals surface area contributed by atoms with Gasteiger partial charge in [-0.15, -0.1) is 0 Å². The van der Waals surface area contributed by atoms with Gasteiger partial charge in [-0.3, -0.25) is 0 Å². The average molecular weight is 272 g/mol. The van der Waals surface area contributed by atoms with E-state index in [-0.39, 0.29) is 0 Å². The van der Waals surface area contributed by atoms with Gasteiger partial charge in [0.05, 0.1) is 5.56 Å². The highest BCUT2D eigenvalue weighted by molar-refractivity contribution is 5.71.